The van der Waals surface area contributed by atoms with Crippen LogP contribution in [0.15, 0.2) is 23.1 Å². The van der Waals surface area contributed by atoms with Crippen LogP contribution in [-0.4, -0.2) is 29.5 Å². The second-order valence-electron chi connectivity index (χ2n) is 7.12. The molecule has 5 nitrogen and oxygen atoms in total. The Morgan fingerprint density at radius 2 is 1.82 bits per heavy atom. The van der Waals surface area contributed by atoms with Crippen molar-refractivity contribution >= 4 is 12.6 Å². The Morgan fingerprint density at radius 1 is 1.14 bits per heavy atom. The van der Waals surface area contributed by atoms with Gasteiger partial charge in [0.2, 0.25) is 0 Å². The Bertz CT molecular complexity index is 588. The molecule has 2 saturated heterocycles. The Labute approximate surface area is 131 Å². The molecule has 3 rings (SSSR count). The number of hydrogen-bond acceptors (Lipinski definition) is 4. The van der Waals surface area contributed by atoms with Gasteiger partial charge in [-0.1, -0.05) is 6.07 Å². The van der Waals surface area contributed by atoms with Crippen molar-refractivity contribution in [2.45, 2.75) is 64.4 Å². The van der Waals surface area contributed by atoms with Gasteiger partial charge in [-0.3, -0.25) is 9.36 Å². The van der Waals surface area contributed by atoms with Crippen LogP contribution >= 0.6 is 0 Å². The van der Waals surface area contributed by atoms with Crippen LogP contribution in [-0.2, 0) is 14.0 Å². The summed E-state index contributed by atoms with van der Waals surface area (Å²) in [5.41, 5.74) is 0.0273. The summed E-state index contributed by atoms with van der Waals surface area (Å²) in [6, 6.07) is 3.35. The van der Waals surface area contributed by atoms with Crippen LogP contribution in [0.1, 0.15) is 53.2 Å². The molecular formula is C16H24BNO4. The molecule has 0 bridgehead atoms. The Kier molecular flexibility index (Phi) is 3.95. The van der Waals surface area contributed by atoms with Gasteiger partial charge in [0, 0.05) is 18.9 Å². The SMILES string of the molecule is CC1(C)OB(c2ccc(=O)n(C3CCCCO3)c2)OC1(C)C. The molecule has 2 aliphatic heterocycles. The third kappa shape index (κ3) is 2.75. The Hall–Kier alpha value is -1.11. The van der Waals surface area contributed by atoms with Gasteiger partial charge in [0.1, 0.15) is 6.23 Å². The van der Waals surface area contributed by atoms with Gasteiger partial charge in [-0.15, -0.1) is 0 Å². The summed E-state index contributed by atoms with van der Waals surface area (Å²) in [6.45, 7) is 8.79. The van der Waals surface area contributed by atoms with Crippen molar-refractivity contribution in [1.82, 2.24) is 4.57 Å². The highest BCUT2D eigenvalue weighted by molar-refractivity contribution is 6.62. The first-order valence-electron chi connectivity index (χ1n) is 7.99. The molecule has 2 fully saturated rings. The maximum atomic E-state index is 12.1. The summed E-state index contributed by atoms with van der Waals surface area (Å²) < 4.78 is 19.5. The molecule has 3 heterocycles. The lowest BCUT2D eigenvalue weighted by Gasteiger charge is -2.32. The fourth-order valence-corrected chi connectivity index (χ4v) is 2.81. The van der Waals surface area contributed by atoms with Crippen molar-refractivity contribution in [1.29, 1.82) is 0 Å². The molecule has 0 aliphatic carbocycles. The highest BCUT2D eigenvalue weighted by Crippen LogP contribution is 2.36. The van der Waals surface area contributed by atoms with E-state index in [1.807, 2.05) is 33.9 Å². The second-order valence-corrected chi connectivity index (χ2v) is 7.12. The molecule has 6 heteroatoms. The first kappa shape index (κ1) is 15.8. The fraction of sp³-hybridized carbons (Fsp3) is 0.688. The molecule has 1 aromatic rings. The van der Waals surface area contributed by atoms with Crippen LogP contribution in [0.3, 0.4) is 0 Å². The standard InChI is InChI=1S/C16H24BNO4/c1-15(2)16(3,4)22-17(21-15)12-8-9-13(19)18(11-12)14-7-5-6-10-20-14/h8-9,11,14H,5-7,10H2,1-4H3. The summed E-state index contributed by atoms with van der Waals surface area (Å²) in [7, 11) is -0.458. The molecule has 1 atom stereocenters. The molecule has 2 aliphatic rings. The number of pyridine rings is 1. The van der Waals surface area contributed by atoms with Crippen LogP contribution in [0.4, 0.5) is 0 Å². The molecule has 0 saturated carbocycles. The normalized spacial score (nSPS) is 27.1. The molecule has 0 spiro atoms. The highest BCUT2D eigenvalue weighted by Gasteiger charge is 2.51. The summed E-state index contributed by atoms with van der Waals surface area (Å²) in [6.07, 6.45) is 4.65. The minimum Gasteiger partial charge on any atom is -0.399 e. The largest absolute Gasteiger partial charge is 0.496 e. The number of rotatable bonds is 2. The second kappa shape index (κ2) is 5.51. The lowest BCUT2D eigenvalue weighted by atomic mass is 9.80. The van der Waals surface area contributed by atoms with E-state index in [9.17, 15) is 4.79 Å². The lowest BCUT2D eigenvalue weighted by molar-refractivity contribution is -0.0339. The van der Waals surface area contributed by atoms with Crippen molar-refractivity contribution in [2.75, 3.05) is 6.61 Å². The summed E-state index contributed by atoms with van der Waals surface area (Å²) in [5, 5.41) is 0. The van der Waals surface area contributed by atoms with E-state index < -0.39 is 7.12 Å². The maximum absolute atomic E-state index is 12.1. The van der Waals surface area contributed by atoms with Gasteiger partial charge in [-0.2, -0.15) is 0 Å². The van der Waals surface area contributed by atoms with E-state index in [0.717, 1.165) is 24.7 Å². The van der Waals surface area contributed by atoms with Crippen LogP contribution < -0.4 is 11.0 Å². The Morgan fingerprint density at radius 3 is 2.41 bits per heavy atom. The van der Waals surface area contributed by atoms with Gasteiger partial charge in [-0.25, -0.2) is 0 Å². The predicted octanol–water partition coefficient (Wildman–Crippen LogP) is 1.85. The number of ether oxygens (including phenoxy) is 1. The number of nitrogens with zero attached hydrogens (tertiary/aromatic N) is 1. The zero-order valence-electron chi connectivity index (χ0n) is 13.8. The third-order valence-corrected chi connectivity index (χ3v) is 4.95. The summed E-state index contributed by atoms with van der Waals surface area (Å²) in [5.74, 6) is 0. The number of aromatic nitrogens is 1. The fourth-order valence-electron chi connectivity index (χ4n) is 2.81. The van der Waals surface area contributed by atoms with E-state index in [0.29, 0.717) is 6.61 Å². The van der Waals surface area contributed by atoms with Crippen LogP contribution in [0.2, 0.25) is 0 Å². The quantitative estimate of drug-likeness (QED) is 0.783. The van der Waals surface area contributed by atoms with E-state index in [-0.39, 0.29) is 23.0 Å². The monoisotopic (exact) mass is 305 g/mol. The minimum atomic E-state index is -0.458. The minimum absolute atomic E-state index is 0.0489. The zero-order chi connectivity index (χ0) is 16.0. The van der Waals surface area contributed by atoms with Gasteiger partial charge in [0.25, 0.3) is 5.56 Å². The third-order valence-electron chi connectivity index (χ3n) is 4.95. The smallest absolute Gasteiger partial charge is 0.399 e. The van der Waals surface area contributed by atoms with Crippen LogP contribution in [0.25, 0.3) is 0 Å². The van der Waals surface area contributed by atoms with Crippen molar-refractivity contribution in [3.05, 3.63) is 28.7 Å². The average molecular weight is 305 g/mol. The molecule has 1 aromatic heterocycles. The van der Waals surface area contributed by atoms with Gasteiger partial charge < -0.3 is 14.0 Å². The van der Waals surface area contributed by atoms with Crippen molar-refractivity contribution < 1.29 is 14.0 Å². The topological polar surface area (TPSA) is 49.7 Å². The summed E-state index contributed by atoms with van der Waals surface area (Å²) >= 11 is 0. The van der Waals surface area contributed by atoms with Gasteiger partial charge in [-0.05, 0) is 52.4 Å². The molecule has 0 aromatic carbocycles. The van der Waals surface area contributed by atoms with Crippen LogP contribution in [0, 0.1) is 0 Å². The average Bonchev–Trinajstić information content (AvgIpc) is 2.69. The van der Waals surface area contributed by atoms with E-state index in [1.165, 1.54) is 0 Å². The van der Waals surface area contributed by atoms with Crippen molar-refractivity contribution in [2.24, 2.45) is 0 Å². The van der Waals surface area contributed by atoms with E-state index in [2.05, 4.69) is 0 Å². The van der Waals surface area contributed by atoms with Crippen molar-refractivity contribution in [3.63, 3.8) is 0 Å². The first-order chi connectivity index (χ1) is 10.3. The lowest BCUT2D eigenvalue weighted by Crippen LogP contribution is -2.41. The van der Waals surface area contributed by atoms with E-state index in [1.54, 1.807) is 16.7 Å². The predicted molar refractivity (Wildman–Crippen MR) is 85.3 cm³/mol. The highest BCUT2D eigenvalue weighted by atomic mass is 16.7. The molecule has 22 heavy (non-hydrogen) atoms. The maximum Gasteiger partial charge on any atom is 0.496 e. The van der Waals surface area contributed by atoms with Gasteiger partial charge >= 0.3 is 7.12 Å². The Balaban J connectivity index is 1.88. The molecular weight excluding hydrogens is 281 g/mol. The first-order valence-corrected chi connectivity index (χ1v) is 7.99. The molecule has 0 radical (unpaired) electrons. The summed E-state index contributed by atoms with van der Waals surface area (Å²) in [4.78, 5) is 12.1. The molecule has 1 unspecified atom stereocenters. The van der Waals surface area contributed by atoms with E-state index >= 15 is 0 Å². The molecule has 0 N–H and O–H groups in total. The van der Waals surface area contributed by atoms with Gasteiger partial charge in [0.05, 0.1) is 11.2 Å². The van der Waals surface area contributed by atoms with E-state index in [4.69, 9.17) is 14.0 Å². The van der Waals surface area contributed by atoms with Gasteiger partial charge in [0.15, 0.2) is 0 Å². The zero-order valence-corrected chi connectivity index (χ0v) is 13.8. The molecule has 120 valence electrons. The van der Waals surface area contributed by atoms with Crippen molar-refractivity contribution in [3.8, 4) is 0 Å². The molecule has 0 amide bonds. The van der Waals surface area contributed by atoms with Crippen LogP contribution in [0.5, 0.6) is 0 Å². The number of hydrogen-bond donors (Lipinski definition) is 0.